The van der Waals surface area contributed by atoms with E-state index in [1.165, 1.54) is 4.90 Å². The summed E-state index contributed by atoms with van der Waals surface area (Å²) in [4.78, 5) is 29.0. The van der Waals surface area contributed by atoms with Crippen LogP contribution < -0.4 is 9.62 Å². The molecule has 2 amide bonds. The maximum absolute atomic E-state index is 14.0. The van der Waals surface area contributed by atoms with Crippen molar-refractivity contribution in [3.8, 4) is 0 Å². The Morgan fingerprint density at radius 1 is 0.900 bits per heavy atom. The van der Waals surface area contributed by atoms with Gasteiger partial charge in [-0.05, 0) is 75.1 Å². The van der Waals surface area contributed by atoms with Crippen molar-refractivity contribution in [1.82, 2.24) is 10.2 Å². The highest BCUT2D eigenvalue weighted by Crippen LogP contribution is 2.26. The summed E-state index contributed by atoms with van der Waals surface area (Å²) in [7, 11) is -4.09. The van der Waals surface area contributed by atoms with Crippen LogP contribution in [0.1, 0.15) is 44.7 Å². The third-order valence-electron chi connectivity index (χ3n) is 6.87. The van der Waals surface area contributed by atoms with Crippen LogP contribution in [-0.4, -0.2) is 50.3 Å². The van der Waals surface area contributed by atoms with Gasteiger partial charge in [-0.1, -0.05) is 77.8 Å². The minimum atomic E-state index is -4.09. The lowest BCUT2D eigenvalue weighted by molar-refractivity contribution is -0.139. The van der Waals surface area contributed by atoms with E-state index < -0.39 is 28.5 Å². The number of carbonyl (C=O) groups excluding carboxylic acids is 2. The molecule has 0 saturated heterocycles. The number of rotatable bonds is 13. The number of nitrogens with zero attached hydrogens (tertiary/aromatic N) is 2. The molecular formula is C31H38BrN3O4S. The highest BCUT2D eigenvalue weighted by molar-refractivity contribution is 9.10. The molecule has 2 atom stereocenters. The average Bonchev–Trinajstić information content (AvgIpc) is 2.95. The molecule has 1 N–H and O–H groups in total. The van der Waals surface area contributed by atoms with Crippen LogP contribution in [0.5, 0.6) is 0 Å². The van der Waals surface area contributed by atoms with Crippen LogP contribution >= 0.6 is 15.9 Å². The van der Waals surface area contributed by atoms with Crippen molar-refractivity contribution in [1.29, 1.82) is 0 Å². The van der Waals surface area contributed by atoms with Crippen LogP contribution in [0.3, 0.4) is 0 Å². The summed E-state index contributed by atoms with van der Waals surface area (Å²) in [6, 6.07) is 22.3. The Morgan fingerprint density at radius 2 is 1.52 bits per heavy atom. The molecule has 40 heavy (non-hydrogen) atoms. The van der Waals surface area contributed by atoms with Crippen LogP contribution in [0.15, 0.2) is 88.2 Å². The molecule has 0 aliphatic carbocycles. The summed E-state index contributed by atoms with van der Waals surface area (Å²) in [5, 5.41) is 3.00. The normalized spacial score (nSPS) is 12.8. The molecule has 3 aromatic carbocycles. The van der Waals surface area contributed by atoms with E-state index in [1.807, 2.05) is 58.0 Å². The fourth-order valence-electron chi connectivity index (χ4n) is 4.31. The molecule has 0 unspecified atom stereocenters. The van der Waals surface area contributed by atoms with Gasteiger partial charge in [0.25, 0.3) is 10.0 Å². The Bertz CT molecular complexity index is 1360. The summed E-state index contributed by atoms with van der Waals surface area (Å²) in [6.07, 6.45) is 1.68. The van der Waals surface area contributed by atoms with Crippen LogP contribution in [0.25, 0.3) is 0 Å². The van der Waals surface area contributed by atoms with E-state index in [1.54, 1.807) is 48.5 Å². The smallest absolute Gasteiger partial charge is 0.264 e. The second-order valence-electron chi connectivity index (χ2n) is 9.87. The van der Waals surface area contributed by atoms with Gasteiger partial charge in [0.05, 0.1) is 10.6 Å². The Hall–Kier alpha value is -3.17. The lowest BCUT2D eigenvalue weighted by Crippen LogP contribution is -2.54. The number of carbonyl (C=O) groups is 2. The maximum Gasteiger partial charge on any atom is 0.264 e. The van der Waals surface area contributed by atoms with Crippen molar-refractivity contribution in [2.24, 2.45) is 0 Å². The molecular weight excluding hydrogens is 590 g/mol. The van der Waals surface area contributed by atoms with Crippen molar-refractivity contribution >= 4 is 43.5 Å². The first-order valence-corrected chi connectivity index (χ1v) is 15.8. The summed E-state index contributed by atoms with van der Waals surface area (Å²) < 4.78 is 29.7. The number of halogens is 1. The van der Waals surface area contributed by atoms with Crippen molar-refractivity contribution < 1.29 is 18.0 Å². The summed E-state index contributed by atoms with van der Waals surface area (Å²) in [6.45, 7) is 7.47. The van der Waals surface area contributed by atoms with Crippen LogP contribution in [-0.2, 0) is 26.0 Å². The lowest BCUT2D eigenvalue weighted by Gasteiger charge is -2.33. The monoisotopic (exact) mass is 627 g/mol. The second-order valence-corrected chi connectivity index (χ2v) is 12.6. The molecule has 0 heterocycles. The fourth-order valence-corrected chi connectivity index (χ4v) is 5.99. The van der Waals surface area contributed by atoms with E-state index in [0.29, 0.717) is 18.5 Å². The number of sulfonamides is 1. The largest absolute Gasteiger partial charge is 0.352 e. The molecule has 0 spiro atoms. The molecule has 0 saturated carbocycles. The molecule has 9 heteroatoms. The first kappa shape index (κ1) is 31.4. The zero-order valence-electron chi connectivity index (χ0n) is 23.5. The Balaban J connectivity index is 2.00. The van der Waals surface area contributed by atoms with Gasteiger partial charge in [0, 0.05) is 17.1 Å². The lowest BCUT2D eigenvalue weighted by atomic mass is 10.1. The van der Waals surface area contributed by atoms with E-state index in [9.17, 15) is 18.0 Å². The van der Waals surface area contributed by atoms with Gasteiger partial charge < -0.3 is 10.2 Å². The molecule has 0 aliphatic heterocycles. The molecule has 0 aromatic heterocycles. The minimum Gasteiger partial charge on any atom is -0.352 e. The SMILES string of the molecule is CC[C@H](C(=O)N[C@@H](C)CC)N(CCc1ccccc1)C(=O)CN(c1ccc(Br)cc1)S(=O)(=O)c1ccc(C)cc1. The van der Waals surface area contributed by atoms with E-state index in [4.69, 9.17) is 0 Å². The first-order chi connectivity index (χ1) is 19.1. The highest BCUT2D eigenvalue weighted by Gasteiger charge is 2.33. The molecule has 214 valence electrons. The van der Waals surface area contributed by atoms with Crippen LogP contribution in [0.4, 0.5) is 5.69 Å². The van der Waals surface area contributed by atoms with Gasteiger partial charge in [0.1, 0.15) is 12.6 Å². The number of hydrogen-bond donors (Lipinski definition) is 1. The number of nitrogens with one attached hydrogen (secondary N) is 1. The predicted molar refractivity (Wildman–Crippen MR) is 164 cm³/mol. The summed E-state index contributed by atoms with van der Waals surface area (Å²) in [5.41, 5.74) is 2.31. The van der Waals surface area contributed by atoms with E-state index in [0.717, 1.165) is 26.3 Å². The number of anilines is 1. The number of benzene rings is 3. The number of amides is 2. The standard InChI is InChI=1S/C31H38BrN3O4S/c1-5-24(4)33-31(37)29(6-2)34(21-20-25-10-8-7-9-11-25)30(36)22-35(27-16-14-26(32)15-17-27)40(38,39)28-18-12-23(3)13-19-28/h7-19,24,29H,5-6,20-22H2,1-4H3,(H,33,37)/t24-,29+/m0/s1. The zero-order valence-corrected chi connectivity index (χ0v) is 25.9. The Labute approximate surface area is 246 Å². The fraction of sp³-hybridized carbons (Fsp3) is 0.355. The van der Waals surface area contributed by atoms with E-state index in [-0.39, 0.29) is 23.4 Å². The molecule has 0 radical (unpaired) electrons. The minimum absolute atomic E-state index is 0.0474. The molecule has 3 aromatic rings. The van der Waals surface area contributed by atoms with Crippen molar-refractivity contribution in [3.63, 3.8) is 0 Å². The number of aryl methyl sites for hydroxylation is 1. The van der Waals surface area contributed by atoms with Gasteiger partial charge in [-0.15, -0.1) is 0 Å². The Morgan fingerprint density at radius 3 is 2.10 bits per heavy atom. The topological polar surface area (TPSA) is 86.8 Å². The first-order valence-electron chi connectivity index (χ1n) is 13.6. The third kappa shape index (κ3) is 8.17. The van der Waals surface area contributed by atoms with Gasteiger partial charge in [0.15, 0.2) is 0 Å². The van der Waals surface area contributed by atoms with E-state index in [2.05, 4.69) is 21.2 Å². The maximum atomic E-state index is 14.0. The van der Waals surface area contributed by atoms with Gasteiger partial charge >= 0.3 is 0 Å². The van der Waals surface area contributed by atoms with Gasteiger partial charge in [-0.2, -0.15) is 0 Å². The number of hydrogen-bond acceptors (Lipinski definition) is 4. The van der Waals surface area contributed by atoms with Gasteiger partial charge in [0.2, 0.25) is 11.8 Å². The van der Waals surface area contributed by atoms with Crippen molar-refractivity contribution in [2.75, 3.05) is 17.4 Å². The summed E-state index contributed by atoms with van der Waals surface area (Å²) in [5.74, 6) is -0.685. The summed E-state index contributed by atoms with van der Waals surface area (Å²) >= 11 is 3.40. The van der Waals surface area contributed by atoms with Crippen LogP contribution in [0, 0.1) is 6.92 Å². The van der Waals surface area contributed by atoms with E-state index >= 15 is 0 Å². The molecule has 0 bridgehead atoms. The second kappa shape index (κ2) is 14.5. The van der Waals surface area contributed by atoms with Crippen LogP contribution in [0.2, 0.25) is 0 Å². The molecule has 0 fully saturated rings. The van der Waals surface area contributed by atoms with Crippen molar-refractivity contribution in [3.05, 3.63) is 94.5 Å². The molecule has 7 nitrogen and oxygen atoms in total. The Kier molecular flexibility index (Phi) is 11.3. The highest BCUT2D eigenvalue weighted by atomic mass is 79.9. The average molecular weight is 629 g/mol. The molecule has 0 aliphatic rings. The van der Waals surface area contributed by atoms with Gasteiger partial charge in [-0.3, -0.25) is 13.9 Å². The third-order valence-corrected chi connectivity index (χ3v) is 9.19. The predicted octanol–water partition coefficient (Wildman–Crippen LogP) is 5.72. The van der Waals surface area contributed by atoms with Gasteiger partial charge in [-0.25, -0.2) is 8.42 Å². The van der Waals surface area contributed by atoms with Crippen molar-refractivity contribution in [2.45, 2.75) is 63.9 Å². The quantitative estimate of drug-likeness (QED) is 0.263. The zero-order chi connectivity index (χ0) is 29.3. The molecule has 3 rings (SSSR count).